The first-order valence-electron chi connectivity index (χ1n) is 8.20. The van der Waals surface area contributed by atoms with E-state index in [1.165, 1.54) is 26.4 Å². The van der Waals surface area contributed by atoms with Crippen LogP contribution in [0, 0.1) is 5.82 Å². The number of nitrogens with two attached hydrogens (primary N) is 1. The maximum atomic E-state index is 13.9. The zero-order chi connectivity index (χ0) is 20.0. The maximum absolute atomic E-state index is 13.9. The first-order valence-corrected chi connectivity index (χ1v) is 8.58. The van der Waals surface area contributed by atoms with Crippen LogP contribution in [0.1, 0.15) is 18.1 Å². The normalized spacial score (nSPS) is 11.7. The number of ether oxygens (including phenoxy) is 3. The summed E-state index contributed by atoms with van der Waals surface area (Å²) in [7, 11) is 3.01. The second-order valence-electron chi connectivity index (χ2n) is 5.80. The van der Waals surface area contributed by atoms with E-state index in [4.69, 9.17) is 31.5 Å². The van der Waals surface area contributed by atoms with Gasteiger partial charge in [0, 0.05) is 24.2 Å². The number of hydrogen-bond acceptors (Lipinski definition) is 5. The Bertz CT molecular complexity index is 771. The van der Waals surface area contributed by atoms with Gasteiger partial charge in [-0.25, -0.2) is 4.39 Å². The van der Waals surface area contributed by atoms with E-state index in [1.54, 1.807) is 25.1 Å². The highest BCUT2D eigenvalue weighted by atomic mass is 35.5. The van der Waals surface area contributed by atoms with Gasteiger partial charge in [-0.15, -0.1) is 0 Å². The van der Waals surface area contributed by atoms with E-state index in [0.29, 0.717) is 29.4 Å². The predicted molar refractivity (Wildman–Crippen MR) is 101 cm³/mol. The first kappa shape index (κ1) is 20.8. The van der Waals surface area contributed by atoms with Crippen molar-refractivity contribution in [3.05, 3.63) is 52.3 Å². The molecule has 146 valence electrons. The summed E-state index contributed by atoms with van der Waals surface area (Å²) in [6, 6.07) is 7.24. The van der Waals surface area contributed by atoms with Gasteiger partial charge in [0.15, 0.2) is 0 Å². The average Bonchev–Trinajstić information content (AvgIpc) is 2.65. The van der Waals surface area contributed by atoms with Crippen LogP contribution < -0.4 is 25.3 Å². The fourth-order valence-corrected chi connectivity index (χ4v) is 2.62. The molecule has 0 heterocycles. The minimum absolute atomic E-state index is 0.0475. The maximum Gasteiger partial charge on any atom is 0.234 e. The van der Waals surface area contributed by atoms with E-state index in [2.05, 4.69) is 5.32 Å². The van der Waals surface area contributed by atoms with Gasteiger partial charge in [0.05, 0.1) is 30.8 Å². The number of hydrogen-bond donors (Lipinski definition) is 2. The lowest BCUT2D eigenvalue weighted by Gasteiger charge is -2.18. The van der Waals surface area contributed by atoms with Crippen molar-refractivity contribution in [3.63, 3.8) is 0 Å². The number of rotatable bonds is 9. The first-order chi connectivity index (χ1) is 12.9. The van der Waals surface area contributed by atoms with Crippen LogP contribution in [0.25, 0.3) is 0 Å². The van der Waals surface area contributed by atoms with Gasteiger partial charge in [-0.2, -0.15) is 0 Å². The predicted octanol–water partition coefficient (Wildman–Crippen LogP) is 3.04. The third-order valence-electron chi connectivity index (χ3n) is 4.04. The van der Waals surface area contributed by atoms with Crippen molar-refractivity contribution in [3.8, 4) is 17.2 Å². The van der Waals surface area contributed by atoms with Crippen molar-refractivity contribution in [1.29, 1.82) is 0 Å². The Morgan fingerprint density at radius 1 is 1.22 bits per heavy atom. The number of amides is 1. The number of methoxy groups -OCH3 is 2. The topological polar surface area (TPSA) is 82.8 Å². The molecule has 0 aliphatic heterocycles. The lowest BCUT2D eigenvalue weighted by molar-refractivity contribution is -0.119. The number of primary amides is 1. The van der Waals surface area contributed by atoms with E-state index in [-0.39, 0.29) is 17.2 Å². The molecule has 1 atom stereocenters. The molecule has 8 heteroatoms. The van der Waals surface area contributed by atoms with E-state index in [9.17, 15) is 9.18 Å². The minimum atomic E-state index is -0.515. The van der Waals surface area contributed by atoms with Gasteiger partial charge in [-0.3, -0.25) is 4.79 Å². The van der Waals surface area contributed by atoms with Crippen LogP contribution in [0.15, 0.2) is 30.3 Å². The van der Waals surface area contributed by atoms with Crippen LogP contribution in [0.5, 0.6) is 17.2 Å². The summed E-state index contributed by atoms with van der Waals surface area (Å²) in [5.74, 6) is 0.508. The van der Waals surface area contributed by atoms with Crippen LogP contribution in [-0.4, -0.2) is 26.2 Å². The molecule has 0 saturated carbocycles. The van der Waals surface area contributed by atoms with Crippen molar-refractivity contribution >= 4 is 17.5 Å². The Kier molecular flexibility index (Phi) is 7.27. The Balaban J connectivity index is 2.22. The summed E-state index contributed by atoms with van der Waals surface area (Å²) < 4.78 is 30.4. The Morgan fingerprint density at radius 2 is 1.85 bits per heavy atom. The van der Waals surface area contributed by atoms with E-state index < -0.39 is 17.8 Å². The third-order valence-corrected chi connectivity index (χ3v) is 4.39. The van der Waals surface area contributed by atoms with Crippen molar-refractivity contribution < 1.29 is 23.4 Å². The number of carbonyl (C=O) groups excluding carboxylic acids is 1. The average molecular weight is 397 g/mol. The lowest BCUT2D eigenvalue weighted by atomic mass is 10.1. The van der Waals surface area contributed by atoms with Gasteiger partial charge in [0.2, 0.25) is 5.91 Å². The molecule has 0 radical (unpaired) electrons. The highest BCUT2D eigenvalue weighted by Crippen LogP contribution is 2.35. The summed E-state index contributed by atoms with van der Waals surface area (Å²) in [5.41, 5.74) is 6.22. The molecule has 27 heavy (non-hydrogen) atoms. The van der Waals surface area contributed by atoms with Crippen molar-refractivity contribution in [2.24, 2.45) is 5.73 Å². The zero-order valence-corrected chi connectivity index (χ0v) is 16.1. The molecule has 2 rings (SSSR count). The fourth-order valence-electron chi connectivity index (χ4n) is 2.40. The highest BCUT2D eigenvalue weighted by molar-refractivity contribution is 6.31. The number of nitrogens with one attached hydrogen (secondary N) is 1. The van der Waals surface area contributed by atoms with E-state index in [1.807, 2.05) is 0 Å². The molecule has 2 aromatic rings. The number of halogens is 2. The molecule has 0 aliphatic carbocycles. The quantitative estimate of drug-likeness (QED) is 0.680. The van der Waals surface area contributed by atoms with Gasteiger partial charge < -0.3 is 25.3 Å². The Hall–Kier alpha value is -2.51. The second-order valence-corrected chi connectivity index (χ2v) is 6.21. The van der Waals surface area contributed by atoms with E-state index in [0.717, 1.165) is 0 Å². The summed E-state index contributed by atoms with van der Waals surface area (Å²) >= 11 is 6.02. The van der Waals surface area contributed by atoms with Gasteiger partial charge in [0.1, 0.15) is 29.7 Å². The minimum Gasteiger partial charge on any atom is -0.496 e. The molecule has 0 aliphatic rings. The van der Waals surface area contributed by atoms with Gasteiger partial charge in [0.25, 0.3) is 0 Å². The standard InChI is InChI=1S/C19H22ClFN2O4/c1-11(19(22)24)23-9-13-17(25-2)7-12(8-18(13)26-3)27-10-14-15(20)5-4-6-16(14)21/h4-8,11,23H,9-10H2,1-3H3,(H2,22,24). The largest absolute Gasteiger partial charge is 0.496 e. The van der Waals surface area contributed by atoms with Crippen molar-refractivity contribution in [2.45, 2.75) is 26.1 Å². The number of carbonyl (C=O) groups is 1. The van der Waals surface area contributed by atoms with Crippen molar-refractivity contribution in [1.82, 2.24) is 5.32 Å². The highest BCUT2D eigenvalue weighted by Gasteiger charge is 2.16. The third kappa shape index (κ3) is 5.24. The molecule has 3 N–H and O–H groups in total. The Labute approximate surface area is 162 Å². The lowest BCUT2D eigenvalue weighted by Crippen LogP contribution is -2.38. The summed E-state index contributed by atoms with van der Waals surface area (Å²) in [6.07, 6.45) is 0. The van der Waals surface area contributed by atoms with Gasteiger partial charge >= 0.3 is 0 Å². The molecule has 0 spiro atoms. The number of benzene rings is 2. The molecule has 6 nitrogen and oxygen atoms in total. The Morgan fingerprint density at radius 3 is 2.37 bits per heavy atom. The molecule has 2 aromatic carbocycles. The van der Waals surface area contributed by atoms with Gasteiger partial charge in [-0.1, -0.05) is 17.7 Å². The zero-order valence-electron chi connectivity index (χ0n) is 15.3. The second kappa shape index (κ2) is 9.43. The smallest absolute Gasteiger partial charge is 0.234 e. The molecular weight excluding hydrogens is 375 g/mol. The van der Waals surface area contributed by atoms with E-state index >= 15 is 0 Å². The molecule has 1 unspecified atom stereocenters. The molecule has 0 aromatic heterocycles. The summed E-state index contributed by atoms with van der Waals surface area (Å²) in [4.78, 5) is 11.2. The van der Waals surface area contributed by atoms with Gasteiger partial charge in [-0.05, 0) is 19.1 Å². The monoisotopic (exact) mass is 396 g/mol. The molecule has 0 saturated heterocycles. The summed E-state index contributed by atoms with van der Waals surface area (Å²) in [5, 5.41) is 3.28. The van der Waals surface area contributed by atoms with Crippen LogP contribution in [0.3, 0.4) is 0 Å². The molecular formula is C19H22ClFN2O4. The van der Waals surface area contributed by atoms with Crippen LogP contribution in [-0.2, 0) is 17.9 Å². The van der Waals surface area contributed by atoms with Crippen molar-refractivity contribution in [2.75, 3.05) is 14.2 Å². The molecule has 0 fully saturated rings. The summed E-state index contributed by atoms with van der Waals surface area (Å²) in [6.45, 7) is 1.92. The molecule has 1 amide bonds. The van der Waals surface area contributed by atoms with Crippen LogP contribution in [0.4, 0.5) is 4.39 Å². The molecule has 0 bridgehead atoms. The van der Waals surface area contributed by atoms with Crippen LogP contribution in [0.2, 0.25) is 5.02 Å². The SMILES string of the molecule is COc1cc(OCc2c(F)cccc2Cl)cc(OC)c1CNC(C)C(N)=O. The van der Waals surface area contributed by atoms with Crippen LogP contribution >= 0.6 is 11.6 Å². The fraction of sp³-hybridized carbons (Fsp3) is 0.316.